The van der Waals surface area contributed by atoms with Crippen LogP contribution in [-0.2, 0) is 0 Å². The van der Waals surface area contributed by atoms with Gasteiger partial charge >= 0.3 is 5.97 Å². The van der Waals surface area contributed by atoms with Crippen LogP contribution in [0.15, 0.2) is 18.2 Å². The van der Waals surface area contributed by atoms with E-state index in [-0.39, 0.29) is 15.2 Å². The molecule has 1 aromatic carbocycles. The summed E-state index contributed by atoms with van der Waals surface area (Å²) in [5, 5.41) is 9.03. The summed E-state index contributed by atoms with van der Waals surface area (Å²) in [5.41, 5.74) is 2.25. The van der Waals surface area contributed by atoms with Crippen molar-refractivity contribution < 1.29 is 14.6 Å². The van der Waals surface area contributed by atoms with Gasteiger partial charge in [0.15, 0.2) is 10.0 Å². The van der Waals surface area contributed by atoms with Crippen molar-refractivity contribution in [1.29, 1.82) is 0 Å². The van der Waals surface area contributed by atoms with Crippen molar-refractivity contribution in [3.63, 3.8) is 0 Å². The molecule has 0 radical (unpaired) electrons. The van der Waals surface area contributed by atoms with E-state index in [0.717, 1.165) is 22.5 Å². The number of carboxylic acid groups (broad SMARTS) is 1. The largest absolute Gasteiger partial charge is 0.477 e. The van der Waals surface area contributed by atoms with Gasteiger partial charge in [0.2, 0.25) is 0 Å². The molecule has 0 aliphatic heterocycles. The molecule has 0 fully saturated rings. The first-order valence-electron chi connectivity index (χ1n) is 5.12. The van der Waals surface area contributed by atoms with Crippen LogP contribution in [0.1, 0.15) is 20.8 Å². The lowest BCUT2D eigenvalue weighted by Crippen LogP contribution is -1.91. The normalized spacial score (nSPS) is 10.4. The van der Waals surface area contributed by atoms with Gasteiger partial charge in [-0.3, -0.25) is 0 Å². The topological polar surface area (TPSA) is 59.4 Å². The molecule has 0 unspecified atom stereocenters. The number of ether oxygens (including phenoxy) is 1. The quantitative estimate of drug-likeness (QED) is 0.928. The highest BCUT2D eigenvalue weighted by molar-refractivity contribution is 7.15. The molecule has 0 bridgehead atoms. The van der Waals surface area contributed by atoms with Crippen LogP contribution in [0.5, 0.6) is 10.9 Å². The van der Waals surface area contributed by atoms with Crippen LogP contribution in [0.3, 0.4) is 0 Å². The maximum Gasteiger partial charge on any atom is 0.349 e. The van der Waals surface area contributed by atoms with Crippen LogP contribution in [0.2, 0.25) is 5.15 Å². The van der Waals surface area contributed by atoms with Crippen molar-refractivity contribution in [3.05, 3.63) is 39.4 Å². The molecule has 2 rings (SSSR count). The van der Waals surface area contributed by atoms with E-state index in [1.54, 1.807) is 6.07 Å². The molecule has 1 N–H and O–H groups in total. The Balaban J connectivity index is 2.26. The summed E-state index contributed by atoms with van der Waals surface area (Å²) in [6.45, 7) is 3.97. The maximum atomic E-state index is 10.8. The highest BCUT2D eigenvalue weighted by atomic mass is 35.5. The summed E-state index contributed by atoms with van der Waals surface area (Å²) in [4.78, 5) is 14.7. The monoisotopic (exact) mass is 283 g/mol. The second-order valence-corrected chi connectivity index (χ2v) is 5.07. The summed E-state index contributed by atoms with van der Waals surface area (Å²) in [7, 11) is 0. The third kappa shape index (κ3) is 2.63. The molecule has 18 heavy (non-hydrogen) atoms. The molecule has 1 aromatic heterocycles. The van der Waals surface area contributed by atoms with E-state index in [4.69, 9.17) is 21.4 Å². The molecular formula is C12H10ClNO3S. The van der Waals surface area contributed by atoms with E-state index in [1.807, 2.05) is 26.0 Å². The number of hydrogen-bond donors (Lipinski definition) is 1. The first-order chi connectivity index (χ1) is 8.47. The number of carbonyl (C=O) groups is 1. The van der Waals surface area contributed by atoms with Gasteiger partial charge in [0.25, 0.3) is 5.19 Å². The summed E-state index contributed by atoms with van der Waals surface area (Å²) < 4.78 is 5.49. The summed E-state index contributed by atoms with van der Waals surface area (Å²) in [6.07, 6.45) is 0. The van der Waals surface area contributed by atoms with Crippen molar-refractivity contribution >= 4 is 28.9 Å². The van der Waals surface area contributed by atoms with Gasteiger partial charge < -0.3 is 9.84 Å². The molecule has 2 aromatic rings. The van der Waals surface area contributed by atoms with Gasteiger partial charge in [-0.15, -0.1) is 0 Å². The summed E-state index contributed by atoms with van der Waals surface area (Å²) in [6, 6.07) is 5.60. The van der Waals surface area contributed by atoms with Crippen molar-refractivity contribution in [2.45, 2.75) is 13.8 Å². The lowest BCUT2D eigenvalue weighted by Gasteiger charge is -2.04. The van der Waals surface area contributed by atoms with Gasteiger partial charge in [-0.05, 0) is 37.1 Å². The molecule has 0 spiro atoms. The third-order valence-corrected chi connectivity index (χ3v) is 3.75. The fourth-order valence-corrected chi connectivity index (χ4v) is 2.33. The minimum atomic E-state index is -1.10. The van der Waals surface area contributed by atoms with Crippen LogP contribution >= 0.6 is 22.9 Å². The van der Waals surface area contributed by atoms with Crippen LogP contribution in [-0.4, -0.2) is 16.1 Å². The van der Waals surface area contributed by atoms with Gasteiger partial charge in [0, 0.05) is 0 Å². The van der Waals surface area contributed by atoms with E-state index in [0.29, 0.717) is 5.75 Å². The zero-order valence-electron chi connectivity index (χ0n) is 9.73. The molecule has 6 heteroatoms. The van der Waals surface area contributed by atoms with E-state index in [9.17, 15) is 4.79 Å². The third-order valence-electron chi connectivity index (χ3n) is 2.44. The number of aryl methyl sites for hydroxylation is 2. The molecule has 94 valence electrons. The second-order valence-electron chi connectivity index (χ2n) is 3.75. The fraction of sp³-hybridized carbons (Fsp3) is 0.167. The number of benzene rings is 1. The number of rotatable bonds is 3. The van der Waals surface area contributed by atoms with Gasteiger partial charge in [-0.1, -0.05) is 29.0 Å². The molecule has 0 aliphatic carbocycles. The minimum absolute atomic E-state index is 0.0181. The Morgan fingerprint density at radius 2 is 2.11 bits per heavy atom. The molecule has 0 atom stereocenters. The summed E-state index contributed by atoms with van der Waals surface area (Å²) in [5.74, 6) is -0.493. The van der Waals surface area contributed by atoms with Crippen molar-refractivity contribution in [3.8, 4) is 10.9 Å². The van der Waals surface area contributed by atoms with Crippen molar-refractivity contribution in [1.82, 2.24) is 4.98 Å². The van der Waals surface area contributed by atoms with Crippen molar-refractivity contribution in [2.75, 3.05) is 0 Å². The summed E-state index contributed by atoms with van der Waals surface area (Å²) >= 11 is 6.61. The number of thiazole rings is 1. The van der Waals surface area contributed by atoms with Crippen molar-refractivity contribution in [2.24, 2.45) is 0 Å². The smallest absolute Gasteiger partial charge is 0.349 e. The lowest BCUT2D eigenvalue weighted by molar-refractivity contribution is 0.0702. The standard InChI is InChI=1S/C12H10ClNO3S/c1-6-3-4-8(5-7(6)2)17-12-14-10(13)9(18-12)11(15)16/h3-5H,1-2H3,(H,15,16). The van der Waals surface area contributed by atoms with Gasteiger partial charge in [0.1, 0.15) is 5.75 Å². The zero-order chi connectivity index (χ0) is 13.3. The van der Waals surface area contributed by atoms with Crippen LogP contribution in [0, 0.1) is 13.8 Å². The Labute approximate surface area is 113 Å². The molecule has 1 heterocycles. The first kappa shape index (κ1) is 12.9. The SMILES string of the molecule is Cc1ccc(Oc2nc(Cl)c(C(=O)O)s2)cc1C. The van der Waals surface area contributed by atoms with E-state index >= 15 is 0 Å². The Hall–Kier alpha value is -1.59. The molecular weight excluding hydrogens is 274 g/mol. The van der Waals surface area contributed by atoms with Gasteiger partial charge in [0.05, 0.1) is 0 Å². The van der Waals surface area contributed by atoms with Crippen LogP contribution in [0.4, 0.5) is 0 Å². The zero-order valence-corrected chi connectivity index (χ0v) is 11.3. The number of nitrogens with zero attached hydrogens (tertiary/aromatic N) is 1. The molecule has 0 saturated carbocycles. The van der Waals surface area contributed by atoms with Gasteiger partial charge in [-0.2, -0.15) is 4.98 Å². The van der Waals surface area contributed by atoms with E-state index in [2.05, 4.69) is 4.98 Å². The van der Waals surface area contributed by atoms with Crippen LogP contribution in [0.25, 0.3) is 0 Å². The number of hydrogen-bond acceptors (Lipinski definition) is 4. The predicted molar refractivity (Wildman–Crippen MR) is 70.1 cm³/mol. The lowest BCUT2D eigenvalue weighted by atomic mass is 10.1. The number of carboxylic acids is 1. The first-order valence-corrected chi connectivity index (χ1v) is 6.31. The molecule has 0 aliphatic rings. The Kier molecular flexibility index (Phi) is 3.54. The second kappa shape index (κ2) is 4.96. The predicted octanol–water partition coefficient (Wildman–Crippen LogP) is 3.90. The average molecular weight is 284 g/mol. The van der Waals surface area contributed by atoms with Crippen LogP contribution < -0.4 is 4.74 Å². The van der Waals surface area contributed by atoms with E-state index in [1.165, 1.54) is 0 Å². The highest BCUT2D eigenvalue weighted by Gasteiger charge is 2.17. The molecule has 0 saturated heterocycles. The van der Waals surface area contributed by atoms with E-state index < -0.39 is 5.97 Å². The Morgan fingerprint density at radius 1 is 1.39 bits per heavy atom. The van der Waals surface area contributed by atoms with Gasteiger partial charge in [-0.25, -0.2) is 4.79 Å². The Bertz CT molecular complexity index is 609. The minimum Gasteiger partial charge on any atom is -0.477 e. The fourth-order valence-electron chi connectivity index (χ4n) is 1.34. The molecule has 4 nitrogen and oxygen atoms in total. The number of aromatic nitrogens is 1. The maximum absolute atomic E-state index is 10.8. The molecule has 0 amide bonds. The number of halogens is 1. The highest BCUT2D eigenvalue weighted by Crippen LogP contribution is 2.32. The Morgan fingerprint density at radius 3 is 2.67 bits per heavy atom. The number of aromatic carboxylic acids is 1. The average Bonchev–Trinajstić information content (AvgIpc) is 2.65.